The molecule has 0 bridgehead atoms. The van der Waals surface area contributed by atoms with E-state index in [1.54, 1.807) is 7.11 Å². The van der Waals surface area contributed by atoms with Gasteiger partial charge in [-0.2, -0.15) is 0 Å². The molecule has 0 aliphatic carbocycles. The summed E-state index contributed by atoms with van der Waals surface area (Å²) in [5.74, 6) is 1.29. The number of alkyl halides is 1. The highest BCUT2D eigenvalue weighted by Crippen LogP contribution is 2.15. The van der Waals surface area contributed by atoms with Crippen molar-refractivity contribution in [2.24, 2.45) is 5.41 Å². The van der Waals surface area contributed by atoms with Crippen molar-refractivity contribution in [2.75, 3.05) is 19.5 Å². The first-order chi connectivity index (χ1) is 7.57. The lowest BCUT2D eigenvalue weighted by Crippen LogP contribution is -2.30. The maximum atomic E-state index is 5.85. The minimum Gasteiger partial charge on any atom is -0.481 e. The van der Waals surface area contributed by atoms with E-state index in [0.717, 1.165) is 18.8 Å². The summed E-state index contributed by atoms with van der Waals surface area (Å²) in [6.07, 6.45) is 0. The lowest BCUT2D eigenvalue weighted by Gasteiger charge is -2.21. The molecule has 0 aromatic carbocycles. The molecule has 1 aromatic heterocycles. The summed E-state index contributed by atoms with van der Waals surface area (Å²) >= 11 is 5.85. The normalized spacial score (nSPS) is 11.5. The predicted octanol–water partition coefficient (Wildman–Crippen LogP) is 2.44. The molecule has 0 atom stereocenters. The monoisotopic (exact) mass is 242 g/mol. The Morgan fingerprint density at radius 1 is 1.44 bits per heavy atom. The molecule has 0 aliphatic rings. The van der Waals surface area contributed by atoms with Crippen LogP contribution >= 0.6 is 11.6 Å². The van der Waals surface area contributed by atoms with Crippen molar-refractivity contribution in [1.82, 2.24) is 10.3 Å². The van der Waals surface area contributed by atoms with Crippen LogP contribution in [0.3, 0.4) is 0 Å². The number of pyridine rings is 1. The molecule has 0 unspecified atom stereocenters. The summed E-state index contributed by atoms with van der Waals surface area (Å²) in [7, 11) is 1.62. The molecule has 1 heterocycles. The highest BCUT2D eigenvalue weighted by molar-refractivity contribution is 6.18. The fourth-order valence-electron chi connectivity index (χ4n) is 1.25. The SMILES string of the molecule is COc1cccc(CNCC(C)(C)CCl)n1. The lowest BCUT2D eigenvalue weighted by molar-refractivity contribution is 0.379. The third-order valence-corrected chi connectivity index (χ3v) is 2.99. The van der Waals surface area contributed by atoms with E-state index < -0.39 is 0 Å². The van der Waals surface area contributed by atoms with E-state index in [1.807, 2.05) is 18.2 Å². The van der Waals surface area contributed by atoms with Gasteiger partial charge in [0.2, 0.25) is 5.88 Å². The number of rotatable bonds is 6. The highest BCUT2D eigenvalue weighted by atomic mass is 35.5. The highest BCUT2D eigenvalue weighted by Gasteiger charge is 2.15. The van der Waals surface area contributed by atoms with Crippen molar-refractivity contribution >= 4 is 11.6 Å². The largest absolute Gasteiger partial charge is 0.481 e. The molecule has 0 saturated heterocycles. The van der Waals surface area contributed by atoms with Gasteiger partial charge in [-0.3, -0.25) is 0 Å². The minimum atomic E-state index is 0.112. The number of halogens is 1. The van der Waals surface area contributed by atoms with E-state index in [1.165, 1.54) is 0 Å². The van der Waals surface area contributed by atoms with Gasteiger partial charge in [0.05, 0.1) is 12.8 Å². The first kappa shape index (κ1) is 13.3. The molecular weight excluding hydrogens is 224 g/mol. The van der Waals surface area contributed by atoms with Crippen LogP contribution in [0.15, 0.2) is 18.2 Å². The van der Waals surface area contributed by atoms with Crippen LogP contribution in [0.1, 0.15) is 19.5 Å². The first-order valence-corrected chi connectivity index (χ1v) is 5.87. The summed E-state index contributed by atoms with van der Waals surface area (Å²) < 4.78 is 5.06. The molecule has 3 nitrogen and oxygen atoms in total. The fourth-order valence-corrected chi connectivity index (χ4v) is 1.34. The van der Waals surface area contributed by atoms with E-state index >= 15 is 0 Å². The first-order valence-electron chi connectivity index (χ1n) is 5.34. The molecule has 0 radical (unpaired) electrons. The van der Waals surface area contributed by atoms with Crippen molar-refractivity contribution in [2.45, 2.75) is 20.4 Å². The maximum Gasteiger partial charge on any atom is 0.213 e. The lowest BCUT2D eigenvalue weighted by atomic mass is 9.96. The van der Waals surface area contributed by atoms with Crippen LogP contribution in [0.5, 0.6) is 5.88 Å². The van der Waals surface area contributed by atoms with Gasteiger partial charge in [-0.05, 0) is 11.5 Å². The van der Waals surface area contributed by atoms with Gasteiger partial charge in [-0.15, -0.1) is 11.6 Å². The van der Waals surface area contributed by atoms with E-state index in [9.17, 15) is 0 Å². The zero-order valence-electron chi connectivity index (χ0n) is 10.1. The number of nitrogens with one attached hydrogen (secondary N) is 1. The van der Waals surface area contributed by atoms with E-state index in [0.29, 0.717) is 11.8 Å². The Kier molecular flexibility index (Phi) is 5.03. The van der Waals surface area contributed by atoms with Crippen LogP contribution in [0.2, 0.25) is 0 Å². The van der Waals surface area contributed by atoms with Crippen molar-refractivity contribution in [3.8, 4) is 5.88 Å². The van der Waals surface area contributed by atoms with E-state index in [2.05, 4.69) is 24.1 Å². The van der Waals surface area contributed by atoms with Crippen molar-refractivity contribution in [3.63, 3.8) is 0 Å². The Labute approximate surface area is 102 Å². The minimum absolute atomic E-state index is 0.112. The Morgan fingerprint density at radius 3 is 2.81 bits per heavy atom. The summed E-state index contributed by atoms with van der Waals surface area (Å²) in [5.41, 5.74) is 1.09. The number of ether oxygens (including phenoxy) is 1. The van der Waals surface area contributed by atoms with Gasteiger partial charge in [-0.1, -0.05) is 19.9 Å². The Bertz CT molecular complexity index is 329. The zero-order chi connectivity index (χ0) is 12.0. The van der Waals surface area contributed by atoms with Crippen LogP contribution in [0, 0.1) is 5.41 Å². The summed E-state index contributed by atoms with van der Waals surface area (Å²) in [5, 5.41) is 3.34. The van der Waals surface area contributed by atoms with Crippen molar-refractivity contribution in [3.05, 3.63) is 23.9 Å². The molecule has 0 saturated carbocycles. The second kappa shape index (κ2) is 6.06. The fraction of sp³-hybridized carbons (Fsp3) is 0.583. The summed E-state index contributed by atoms with van der Waals surface area (Å²) in [6, 6.07) is 5.75. The van der Waals surface area contributed by atoms with Gasteiger partial charge in [0.1, 0.15) is 0 Å². The van der Waals surface area contributed by atoms with Crippen LogP contribution in [-0.4, -0.2) is 24.5 Å². The van der Waals surface area contributed by atoms with E-state index in [4.69, 9.17) is 16.3 Å². The number of nitrogens with zero attached hydrogens (tertiary/aromatic N) is 1. The second-order valence-electron chi connectivity index (χ2n) is 4.57. The standard InChI is InChI=1S/C12H19ClN2O/c1-12(2,8-13)9-14-7-10-5-4-6-11(15-10)16-3/h4-6,14H,7-9H2,1-3H3. The molecule has 0 spiro atoms. The average Bonchev–Trinajstić information content (AvgIpc) is 2.29. The molecule has 1 rings (SSSR count). The Balaban J connectivity index is 2.42. The molecular formula is C12H19ClN2O. The topological polar surface area (TPSA) is 34.1 Å². The quantitative estimate of drug-likeness (QED) is 0.779. The molecule has 0 fully saturated rings. The molecule has 90 valence electrons. The molecule has 0 amide bonds. The average molecular weight is 243 g/mol. The smallest absolute Gasteiger partial charge is 0.213 e. The van der Waals surface area contributed by atoms with Crippen LogP contribution in [-0.2, 0) is 6.54 Å². The summed E-state index contributed by atoms with van der Waals surface area (Å²) in [4.78, 5) is 4.32. The third-order valence-electron chi connectivity index (χ3n) is 2.26. The molecule has 0 aliphatic heterocycles. The molecule has 4 heteroatoms. The second-order valence-corrected chi connectivity index (χ2v) is 4.84. The number of methoxy groups -OCH3 is 1. The van der Waals surface area contributed by atoms with Gasteiger partial charge in [0.25, 0.3) is 0 Å². The van der Waals surface area contributed by atoms with Gasteiger partial charge >= 0.3 is 0 Å². The van der Waals surface area contributed by atoms with Crippen LogP contribution in [0.25, 0.3) is 0 Å². The van der Waals surface area contributed by atoms with Gasteiger partial charge < -0.3 is 10.1 Å². The number of aromatic nitrogens is 1. The van der Waals surface area contributed by atoms with Crippen molar-refractivity contribution < 1.29 is 4.74 Å². The predicted molar refractivity (Wildman–Crippen MR) is 67.0 cm³/mol. The molecule has 1 aromatic rings. The van der Waals surface area contributed by atoms with E-state index in [-0.39, 0.29) is 5.41 Å². The zero-order valence-corrected chi connectivity index (χ0v) is 10.8. The van der Waals surface area contributed by atoms with Gasteiger partial charge in [0, 0.05) is 25.0 Å². The van der Waals surface area contributed by atoms with Crippen LogP contribution in [0.4, 0.5) is 0 Å². The Morgan fingerprint density at radius 2 is 2.19 bits per heavy atom. The number of hydrogen-bond acceptors (Lipinski definition) is 3. The van der Waals surface area contributed by atoms with Gasteiger partial charge in [-0.25, -0.2) is 4.98 Å². The van der Waals surface area contributed by atoms with Gasteiger partial charge in [0.15, 0.2) is 0 Å². The maximum absolute atomic E-state index is 5.85. The third kappa shape index (κ3) is 4.37. The molecule has 1 N–H and O–H groups in total. The Hall–Kier alpha value is -0.800. The summed E-state index contributed by atoms with van der Waals surface area (Å²) in [6.45, 7) is 5.87. The van der Waals surface area contributed by atoms with Crippen LogP contribution < -0.4 is 10.1 Å². The van der Waals surface area contributed by atoms with Crippen molar-refractivity contribution in [1.29, 1.82) is 0 Å². The number of hydrogen-bond donors (Lipinski definition) is 1. The molecule has 16 heavy (non-hydrogen) atoms.